The van der Waals surface area contributed by atoms with Crippen LogP contribution in [0.3, 0.4) is 0 Å². The van der Waals surface area contributed by atoms with E-state index >= 15 is 0 Å². The summed E-state index contributed by atoms with van der Waals surface area (Å²) in [4.78, 5) is 11.0. The number of pyridine rings is 1. The summed E-state index contributed by atoms with van der Waals surface area (Å²) in [6.45, 7) is 13.5. The van der Waals surface area contributed by atoms with Gasteiger partial charge in [-0.1, -0.05) is 57.1 Å². The van der Waals surface area contributed by atoms with Crippen LogP contribution in [0, 0.1) is 5.41 Å². The summed E-state index contributed by atoms with van der Waals surface area (Å²) in [5.74, 6) is 0.453. The molecule has 1 atom stereocenters. The molecular formula is C27H36N4O3. The number of rotatable bonds is 7. The van der Waals surface area contributed by atoms with E-state index in [0.717, 1.165) is 25.1 Å². The minimum absolute atomic E-state index is 0.0650. The number of aliphatic hydroxyl groups is 2. The number of likely N-dealkylation sites (tertiary alicyclic amines) is 1. The second-order valence-corrected chi connectivity index (χ2v) is 11.2. The number of hydrogen-bond acceptors (Lipinski definition) is 7. The van der Waals surface area contributed by atoms with Gasteiger partial charge in [0.1, 0.15) is 11.2 Å². The van der Waals surface area contributed by atoms with Gasteiger partial charge in [0, 0.05) is 42.0 Å². The first-order chi connectivity index (χ1) is 15.8. The van der Waals surface area contributed by atoms with Gasteiger partial charge in [0.2, 0.25) is 5.82 Å². The molecule has 1 fully saturated rings. The number of aromatic nitrogens is 3. The first kappa shape index (κ1) is 24.5. The Bertz CT molecular complexity index is 1160. The monoisotopic (exact) mass is 464 g/mol. The zero-order valence-electron chi connectivity index (χ0n) is 21.3. The SMILES string of the molecule is CCC(C)(C)c1ccc(C(O)(c2cncc(-c3noc(C(C)(C)O)n3)c2)C2(C)CN(C)C2)cc1. The quantitative estimate of drug-likeness (QED) is 0.540. The molecular weight excluding hydrogens is 428 g/mol. The van der Waals surface area contributed by atoms with E-state index in [2.05, 4.69) is 66.9 Å². The molecule has 1 unspecified atom stereocenters. The van der Waals surface area contributed by atoms with Gasteiger partial charge >= 0.3 is 0 Å². The molecule has 34 heavy (non-hydrogen) atoms. The summed E-state index contributed by atoms with van der Waals surface area (Å²) in [5, 5.41) is 26.7. The molecule has 0 amide bonds. The molecule has 7 nitrogen and oxygen atoms in total. The van der Waals surface area contributed by atoms with E-state index in [1.165, 1.54) is 5.56 Å². The Morgan fingerprint density at radius 1 is 1.00 bits per heavy atom. The summed E-state index contributed by atoms with van der Waals surface area (Å²) in [6, 6.07) is 10.2. The van der Waals surface area contributed by atoms with Crippen molar-refractivity contribution >= 4 is 0 Å². The molecule has 2 aromatic heterocycles. The van der Waals surface area contributed by atoms with Crippen LogP contribution in [0.1, 0.15) is 70.5 Å². The molecule has 1 aliphatic rings. The van der Waals surface area contributed by atoms with E-state index in [9.17, 15) is 10.2 Å². The molecule has 7 heteroatoms. The van der Waals surface area contributed by atoms with Crippen molar-refractivity contribution in [3.05, 3.63) is 65.3 Å². The van der Waals surface area contributed by atoms with E-state index < -0.39 is 16.6 Å². The van der Waals surface area contributed by atoms with Crippen molar-refractivity contribution in [2.75, 3.05) is 20.1 Å². The average Bonchev–Trinajstić information content (AvgIpc) is 3.29. The van der Waals surface area contributed by atoms with Gasteiger partial charge in [-0.2, -0.15) is 4.98 Å². The van der Waals surface area contributed by atoms with Gasteiger partial charge in [0.05, 0.1) is 0 Å². The van der Waals surface area contributed by atoms with Crippen LogP contribution in [-0.4, -0.2) is 50.4 Å². The fourth-order valence-corrected chi connectivity index (χ4v) is 4.95. The highest BCUT2D eigenvalue weighted by Gasteiger charge is 2.55. The summed E-state index contributed by atoms with van der Waals surface area (Å²) in [5.41, 5.74) is 0.537. The lowest BCUT2D eigenvalue weighted by Gasteiger charge is -2.56. The maximum absolute atomic E-state index is 12.4. The molecule has 2 N–H and O–H groups in total. The fourth-order valence-electron chi connectivity index (χ4n) is 4.95. The number of nitrogens with zero attached hydrogens (tertiary/aromatic N) is 4. The molecule has 0 radical (unpaired) electrons. The van der Waals surface area contributed by atoms with Crippen LogP contribution in [0.4, 0.5) is 0 Å². The fraction of sp³-hybridized carbons (Fsp3) is 0.519. The van der Waals surface area contributed by atoms with Crippen LogP contribution in [0.15, 0.2) is 47.2 Å². The van der Waals surface area contributed by atoms with E-state index in [1.54, 1.807) is 26.2 Å². The molecule has 182 valence electrons. The van der Waals surface area contributed by atoms with Crippen LogP contribution < -0.4 is 0 Å². The zero-order valence-corrected chi connectivity index (χ0v) is 21.3. The van der Waals surface area contributed by atoms with Crippen molar-refractivity contribution in [2.45, 2.75) is 64.6 Å². The minimum Gasteiger partial charge on any atom is -0.381 e. The van der Waals surface area contributed by atoms with Crippen molar-refractivity contribution < 1.29 is 14.7 Å². The second-order valence-electron chi connectivity index (χ2n) is 11.2. The maximum Gasteiger partial charge on any atom is 0.258 e. The molecule has 1 aromatic carbocycles. The molecule has 3 aromatic rings. The van der Waals surface area contributed by atoms with Crippen molar-refractivity contribution in [1.82, 2.24) is 20.0 Å². The Balaban J connectivity index is 1.80. The van der Waals surface area contributed by atoms with Crippen LogP contribution in [0.5, 0.6) is 0 Å². The van der Waals surface area contributed by atoms with E-state index in [4.69, 9.17) is 4.52 Å². The van der Waals surface area contributed by atoms with Crippen molar-refractivity contribution in [3.8, 4) is 11.4 Å². The van der Waals surface area contributed by atoms with Crippen molar-refractivity contribution in [2.24, 2.45) is 5.41 Å². The predicted octanol–water partition coefficient (Wildman–Crippen LogP) is 4.23. The average molecular weight is 465 g/mol. The Labute approximate surface area is 201 Å². The number of hydrogen-bond donors (Lipinski definition) is 2. The van der Waals surface area contributed by atoms with Crippen LogP contribution in [0.2, 0.25) is 0 Å². The van der Waals surface area contributed by atoms with Crippen LogP contribution in [-0.2, 0) is 16.6 Å². The lowest BCUT2D eigenvalue weighted by Crippen LogP contribution is -2.63. The summed E-state index contributed by atoms with van der Waals surface area (Å²) >= 11 is 0. The highest BCUT2D eigenvalue weighted by Crippen LogP contribution is 2.50. The second kappa shape index (κ2) is 8.26. The zero-order chi connectivity index (χ0) is 24.9. The van der Waals surface area contributed by atoms with E-state index in [0.29, 0.717) is 17.0 Å². The Morgan fingerprint density at radius 3 is 2.15 bits per heavy atom. The predicted molar refractivity (Wildman–Crippen MR) is 131 cm³/mol. The molecule has 0 spiro atoms. The van der Waals surface area contributed by atoms with Gasteiger partial charge in [0.25, 0.3) is 5.89 Å². The normalized spacial score (nSPS) is 18.4. The molecule has 3 heterocycles. The Hall–Kier alpha value is -2.61. The van der Waals surface area contributed by atoms with Crippen molar-refractivity contribution in [3.63, 3.8) is 0 Å². The lowest BCUT2D eigenvalue weighted by atomic mass is 9.62. The molecule has 0 saturated carbocycles. The molecule has 0 aliphatic carbocycles. The van der Waals surface area contributed by atoms with Gasteiger partial charge in [-0.05, 0) is 49.9 Å². The van der Waals surface area contributed by atoms with E-state index in [1.807, 2.05) is 18.2 Å². The third-order valence-electron chi connectivity index (χ3n) is 7.44. The summed E-state index contributed by atoms with van der Waals surface area (Å²) in [7, 11) is 2.06. The van der Waals surface area contributed by atoms with Gasteiger partial charge in [-0.3, -0.25) is 4.98 Å². The number of benzene rings is 1. The third-order valence-corrected chi connectivity index (χ3v) is 7.44. The summed E-state index contributed by atoms with van der Waals surface area (Å²) in [6.07, 6.45) is 4.39. The van der Waals surface area contributed by atoms with Crippen LogP contribution >= 0.6 is 0 Å². The third kappa shape index (κ3) is 4.06. The minimum atomic E-state index is -1.26. The lowest BCUT2D eigenvalue weighted by molar-refractivity contribution is -0.127. The largest absolute Gasteiger partial charge is 0.381 e. The Kier molecular flexibility index (Phi) is 5.95. The van der Waals surface area contributed by atoms with E-state index in [-0.39, 0.29) is 11.3 Å². The van der Waals surface area contributed by atoms with Gasteiger partial charge < -0.3 is 19.6 Å². The highest BCUT2D eigenvalue weighted by molar-refractivity contribution is 5.56. The van der Waals surface area contributed by atoms with Crippen LogP contribution in [0.25, 0.3) is 11.4 Å². The maximum atomic E-state index is 12.4. The Morgan fingerprint density at radius 2 is 1.62 bits per heavy atom. The highest BCUT2D eigenvalue weighted by atomic mass is 16.5. The molecule has 1 saturated heterocycles. The van der Waals surface area contributed by atoms with Gasteiger partial charge in [-0.25, -0.2) is 0 Å². The van der Waals surface area contributed by atoms with Gasteiger partial charge in [-0.15, -0.1) is 0 Å². The summed E-state index contributed by atoms with van der Waals surface area (Å²) < 4.78 is 5.25. The molecule has 4 rings (SSSR count). The molecule has 0 bridgehead atoms. The topological polar surface area (TPSA) is 95.5 Å². The van der Waals surface area contributed by atoms with Crippen molar-refractivity contribution in [1.29, 1.82) is 0 Å². The first-order valence-electron chi connectivity index (χ1n) is 11.8. The smallest absolute Gasteiger partial charge is 0.258 e. The first-order valence-corrected chi connectivity index (χ1v) is 11.8. The van der Waals surface area contributed by atoms with Gasteiger partial charge in [0.15, 0.2) is 0 Å². The molecule has 1 aliphatic heterocycles. The standard InChI is InChI=1S/C27H36N4O3/c1-8-24(2,3)19-9-11-20(12-10-19)27(33,26(6)16-31(7)17-26)21-13-18(14-28-15-21)22-29-23(34-30-22)25(4,5)32/h9-15,32-33H,8,16-17H2,1-7H3.